The molecule has 5 nitrogen and oxygen atoms in total. The summed E-state index contributed by atoms with van der Waals surface area (Å²) in [6.45, 7) is 2.29. The van der Waals surface area contributed by atoms with Gasteiger partial charge in [0, 0.05) is 6.04 Å². The minimum absolute atomic E-state index is 0.107. The van der Waals surface area contributed by atoms with Gasteiger partial charge < -0.3 is 9.30 Å². The molecule has 0 saturated heterocycles. The van der Waals surface area contributed by atoms with Crippen molar-refractivity contribution in [1.82, 2.24) is 14.8 Å². The van der Waals surface area contributed by atoms with E-state index in [4.69, 9.17) is 4.74 Å². The van der Waals surface area contributed by atoms with E-state index in [1.807, 2.05) is 13.3 Å². The van der Waals surface area contributed by atoms with Gasteiger partial charge in [0.05, 0.1) is 6.61 Å². The van der Waals surface area contributed by atoms with Crippen LogP contribution in [0.2, 0.25) is 0 Å². The molecule has 2 aliphatic carbocycles. The van der Waals surface area contributed by atoms with Crippen LogP contribution in [0.25, 0.3) is 0 Å². The largest absolute Gasteiger partial charge is 0.465 e. The molecule has 2 saturated carbocycles. The normalized spacial score (nSPS) is 22.2. The SMILES string of the molecule is CCOC(=O)C1(c2nncn2C2CCCC2)CCCC1. The van der Waals surface area contributed by atoms with E-state index in [-0.39, 0.29) is 5.97 Å². The van der Waals surface area contributed by atoms with E-state index in [1.165, 1.54) is 25.7 Å². The molecule has 1 heterocycles. The van der Waals surface area contributed by atoms with Crippen molar-refractivity contribution in [3.8, 4) is 0 Å². The molecule has 0 atom stereocenters. The van der Waals surface area contributed by atoms with Gasteiger partial charge in [-0.15, -0.1) is 10.2 Å². The van der Waals surface area contributed by atoms with Crippen molar-refractivity contribution in [3.63, 3.8) is 0 Å². The molecule has 2 aliphatic rings. The van der Waals surface area contributed by atoms with Gasteiger partial charge in [-0.05, 0) is 32.6 Å². The fourth-order valence-corrected chi connectivity index (χ4v) is 3.80. The van der Waals surface area contributed by atoms with Crippen LogP contribution in [0.5, 0.6) is 0 Å². The highest BCUT2D eigenvalue weighted by Gasteiger charge is 2.48. The Bertz CT molecular complexity index is 471. The molecule has 0 unspecified atom stereocenters. The molecule has 110 valence electrons. The van der Waals surface area contributed by atoms with Gasteiger partial charge >= 0.3 is 5.97 Å². The smallest absolute Gasteiger partial charge is 0.319 e. The van der Waals surface area contributed by atoms with E-state index in [9.17, 15) is 4.79 Å². The maximum Gasteiger partial charge on any atom is 0.319 e. The number of carbonyl (C=O) groups is 1. The highest BCUT2D eigenvalue weighted by molar-refractivity contribution is 5.82. The first-order chi connectivity index (χ1) is 9.78. The fourth-order valence-electron chi connectivity index (χ4n) is 3.80. The number of carbonyl (C=O) groups excluding carboxylic acids is 1. The molecule has 2 fully saturated rings. The van der Waals surface area contributed by atoms with Gasteiger partial charge in [-0.3, -0.25) is 4.79 Å². The minimum atomic E-state index is -0.547. The monoisotopic (exact) mass is 277 g/mol. The number of ether oxygens (including phenoxy) is 1. The molecule has 1 aromatic heterocycles. The Morgan fingerprint density at radius 1 is 1.35 bits per heavy atom. The number of nitrogens with zero attached hydrogens (tertiary/aromatic N) is 3. The molecule has 3 rings (SSSR count). The van der Waals surface area contributed by atoms with Crippen LogP contribution in [-0.2, 0) is 14.9 Å². The first-order valence-corrected chi connectivity index (χ1v) is 7.85. The lowest BCUT2D eigenvalue weighted by Crippen LogP contribution is -2.38. The van der Waals surface area contributed by atoms with Gasteiger partial charge in [0.25, 0.3) is 0 Å². The van der Waals surface area contributed by atoms with Gasteiger partial charge in [-0.25, -0.2) is 0 Å². The molecule has 0 aliphatic heterocycles. The van der Waals surface area contributed by atoms with Crippen molar-refractivity contribution < 1.29 is 9.53 Å². The zero-order chi connectivity index (χ0) is 14.0. The summed E-state index contributed by atoms with van der Waals surface area (Å²) < 4.78 is 7.51. The summed E-state index contributed by atoms with van der Waals surface area (Å²) in [6, 6.07) is 0.465. The van der Waals surface area contributed by atoms with Crippen molar-refractivity contribution in [2.75, 3.05) is 6.61 Å². The number of esters is 1. The lowest BCUT2D eigenvalue weighted by molar-refractivity contribution is -0.150. The van der Waals surface area contributed by atoms with Crippen LogP contribution >= 0.6 is 0 Å². The van der Waals surface area contributed by atoms with Crippen LogP contribution in [0.3, 0.4) is 0 Å². The average Bonchev–Trinajstić information content (AvgIpc) is 3.19. The van der Waals surface area contributed by atoms with Crippen LogP contribution in [-0.4, -0.2) is 27.3 Å². The molecule has 0 spiro atoms. The average molecular weight is 277 g/mol. The van der Waals surface area contributed by atoms with Gasteiger partial charge in [-0.1, -0.05) is 25.7 Å². The fraction of sp³-hybridized carbons (Fsp3) is 0.800. The molecule has 20 heavy (non-hydrogen) atoms. The Hall–Kier alpha value is -1.39. The van der Waals surface area contributed by atoms with Crippen molar-refractivity contribution in [1.29, 1.82) is 0 Å². The molecule has 0 bridgehead atoms. The second kappa shape index (κ2) is 5.54. The van der Waals surface area contributed by atoms with Crippen LogP contribution in [0.4, 0.5) is 0 Å². The maximum atomic E-state index is 12.5. The first-order valence-electron chi connectivity index (χ1n) is 7.85. The summed E-state index contributed by atoms with van der Waals surface area (Å²) in [7, 11) is 0. The second-order valence-corrected chi connectivity index (χ2v) is 6.01. The molecule has 5 heteroatoms. The first kappa shape index (κ1) is 13.6. The van der Waals surface area contributed by atoms with E-state index in [0.29, 0.717) is 12.6 Å². The van der Waals surface area contributed by atoms with Gasteiger partial charge in [0.15, 0.2) is 5.82 Å². The van der Waals surface area contributed by atoms with Gasteiger partial charge in [0.1, 0.15) is 11.7 Å². The number of hydrogen-bond acceptors (Lipinski definition) is 4. The van der Waals surface area contributed by atoms with Crippen molar-refractivity contribution in [2.24, 2.45) is 0 Å². The Balaban J connectivity index is 1.96. The zero-order valence-corrected chi connectivity index (χ0v) is 12.2. The summed E-state index contributed by atoms with van der Waals surface area (Å²) in [6.07, 6.45) is 10.5. The predicted octanol–water partition coefficient (Wildman–Crippen LogP) is 2.77. The number of rotatable bonds is 4. The molecule has 0 amide bonds. The molecule has 0 N–H and O–H groups in total. The number of aromatic nitrogens is 3. The molecule has 0 aromatic carbocycles. The lowest BCUT2D eigenvalue weighted by Gasteiger charge is -2.27. The van der Waals surface area contributed by atoms with Gasteiger partial charge in [0.2, 0.25) is 0 Å². The summed E-state index contributed by atoms with van der Waals surface area (Å²) in [4.78, 5) is 12.5. The highest BCUT2D eigenvalue weighted by Crippen LogP contribution is 2.43. The summed E-state index contributed by atoms with van der Waals surface area (Å²) in [5.74, 6) is 0.741. The quantitative estimate of drug-likeness (QED) is 0.794. The topological polar surface area (TPSA) is 57.0 Å². The Kier molecular flexibility index (Phi) is 3.76. The lowest BCUT2D eigenvalue weighted by atomic mass is 9.85. The summed E-state index contributed by atoms with van der Waals surface area (Å²) in [5.41, 5.74) is -0.547. The van der Waals surface area contributed by atoms with E-state index < -0.39 is 5.41 Å². The van der Waals surface area contributed by atoms with E-state index in [0.717, 1.165) is 31.5 Å². The standard InChI is InChI=1S/C15H23N3O2/c1-2-20-14(19)15(9-5-6-10-15)13-17-16-11-18(13)12-7-3-4-8-12/h11-12H,2-10H2,1H3. The Morgan fingerprint density at radius 3 is 2.70 bits per heavy atom. The Labute approximate surface area is 119 Å². The van der Waals surface area contributed by atoms with Gasteiger partial charge in [-0.2, -0.15) is 0 Å². The van der Waals surface area contributed by atoms with Crippen LogP contribution < -0.4 is 0 Å². The van der Waals surface area contributed by atoms with E-state index in [2.05, 4.69) is 14.8 Å². The highest BCUT2D eigenvalue weighted by atomic mass is 16.5. The third-order valence-corrected chi connectivity index (χ3v) is 4.84. The van der Waals surface area contributed by atoms with Crippen molar-refractivity contribution >= 4 is 5.97 Å². The van der Waals surface area contributed by atoms with Crippen LogP contribution in [0.1, 0.15) is 70.2 Å². The number of hydrogen-bond donors (Lipinski definition) is 0. The predicted molar refractivity (Wildman–Crippen MR) is 74.3 cm³/mol. The maximum absolute atomic E-state index is 12.5. The van der Waals surface area contributed by atoms with E-state index >= 15 is 0 Å². The molecule has 0 radical (unpaired) electrons. The second-order valence-electron chi connectivity index (χ2n) is 6.01. The third kappa shape index (κ3) is 2.13. The molecular formula is C15H23N3O2. The molecular weight excluding hydrogens is 254 g/mol. The van der Waals surface area contributed by atoms with Crippen LogP contribution in [0.15, 0.2) is 6.33 Å². The summed E-state index contributed by atoms with van der Waals surface area (Å²) in [5, 5.41) is 8.43. The van der Waals surface area contributed by atoms with E-state index in [1.54, 1.807) is 0 Å². The third-order valence-electron chi connectivity index (χ3n) is 4.84. The van der Waals surface area contributed by atoms with Crippen molar-refractivity contribution in [3.05, 3.63) is 12.2 Å². The summed E-state index contributed by atoms with van der Waals surface area (Å²) >= 11 is 0. The van der Waals surface area contributed by atoms with Crippen molar-refractivity contribution in [2.45, 2.75) is 69.7 Å². The molecule has 1 aromatic rings. The Morgan fingerprint density at radius 2 is 2.05 bits per heavy atom. The zero-order valence-electron chi connectivity index (χ0n) is 12.2. The minimum Gasteiger partial charge on any atom is -0.465 e. The van der Waals surface area contributed by atoms with Crippen LogP contribution in [0, 0.1) is 0 Å².